The number of hydrogen-bond donors (Lipinski definition) is 0. The zero-order valence-corrected chi connectivity index (χ0v) is 11.3. The fourth-order valence-electron chi connectivity index (χ4n) is 1.33. The van der Waals surface area contributed by atoms with Gasteiger partial charge in [0.05, 0.1) is 33.0 Å². The third-order valence-corrected chi connectivity index (χ3v) is 2.32. The summed E-state index contributed by atoms with van der Waals surface area (Å²) in [5.41, 5.74) is 0.844. The minimum atomic E-state index is 0.507. The number of ether oxygens (including phenoxy) is 4. The maximum absolute atomic E-state index is 5.50. The molecule has 19 heavy (non-hydrogen) atoms. The van der Waals surface area contributed by atoms with Gasteiger partial charge in [0, 0.05) is 12.7 Å². The standard InChI is InChI=1S/C15H20O4/c1-3-14-4-6-15(7-5-14)19-13-12-18-11-10-17-9-8-16-2/h1,4-7H,8-13H2,2H3. The third kappa shape index (κ3) is 7.47. The number of terminal acetylenes is 1. The molecule has 0 heterocycles. The molecule has 0 fully saturated rings. The van der Waals surface area contributed by atoms with Crippen molar-refractivity contribution >= 4 is 0 Å². The Labute approximate surface area is 114 Å². The number of methoxy groups -OCH3 is 1. The van der Waals surface area contributed by atoms with Crippen LogP contribution in [0.25, 0.3) is 0 Å². The van der Waals surface area contributed by atoms with E-state index in [9.17, 15) is 0 Å². The normalized spacial score (nSPS) is 10.1. The van der Waals surface area contributed by atoms with Gasteiger partial charge in [-0.25, -0.2) is 0 Å². The molecule has 4 heteroatoms. The van der Waals surface area contributed by atoms with Crippen LogP contribution in [0.15, 0.2) is 24.3 Å². The van der Waals surface area contributed by atoms with Gasteiger partial charge in [0.2, 0.25) is 0 Å². The lowest BCUT2D eigenvalue weighted by atomic mass is 10.2. The number of rotatable bonds is 10. The molecular weight excluding hydrogens is 244 g/mol. The van der Waals surface area contributed by atoms with Crippen LogP contribution in [0.2, 0.25) is 0 Å². The molecule has 4 nitrogen and oxygen atoms in total. The van der Waals surface area contributed by atoms with E-state index in [2.05, 4.69) is 5.92 Å². The van der Waals surface area contributed by atoms with Crippen LogP contribution >= 0.6 is 0 Å². The molecule has 0 aromatic heterocycles. The molecule has 0 unspecified atom stereocenters. The first-order valence-corrected chi connectivity index (χ1v) is 6.20. The van der Waals surface area contributed by atoms with Gasteiger partial charge in [-0.3, -0.25) is 0 Å². The largest absolute Gasteiger partial charge is 0.491 e. The van der Waals surface area contributed by atoms with E-state index in [1.54, 1.807) is 7.11 Å². The van der Waals surface area contributed by atoms with Crippen LogP contribution in [0.1, 0.15) is 5.56 Å². The molecule has 0 saturated carbocycles. The van der Waals surface area contributed by atoms with Gasteiger partial charge in [-0.15, -0.1) is 6.42 Å². The first-order chi connectivity index (χ1) is 9.36. The molecular formula is C15H20O4. The summed E-state index contributed by atoms with van der Waals surface area (Å²) in [5.74, 6) is 3.35. The molecule has 0 aliphatic carbocycles. The van der Waals surface area contributed by atoms with Crippen LogP contribution in [-0.2, 0) is 14.2 Å². The predicted octanol–water partition coefficient (Wildman–Crippen LogP) is 1.73. The van der Waals surface area contributed by atoms with Gasteiger partial charge in [-0.05, 0) is 24.3 Å². The van der Waals surface area contributed by atoms with Crippen molar-refractivity contribution in [3.05, 3.63) is 29.8 Å². The fourth-order valence-corrected chi connectivity index (χ4v) is 1.33. The third-order valence-electron chi connectivity index (χ3n) is 2.32. The highest BCUT2D eigenvalue weighted by molar-refractivity contribution is 5.36. The second-order valence-corrected chi connectivity index (χ2v) is 3.73. The Hall–Kier alpha value is -1.54. The minimum absolute atomic E-state index is 0.507. The van der Waals surface area contributed by atoms with Gasteiger partial charge >= 0.3 is 0 Å². The summed E-state index contributed by atoms with van der Waals surface area (Å²) in [5, 5.41) is 0. The van der Waals surface area contributed by atoms with Crippen molar-refractivity contribution in [1.29, 1.82) is 0 Å². The molecule has 1 aromatic carbocycles. The molecule has 0 atom stereocenters. The van der Waals surface area contributed by atoms with E-state index in [0.29, 0.717) is 39.6 Å². The summed E-state index contributed by atoms with van der Waals surface area (Å²) < 4.78 is 21.0. The Morgan fingerprint density at radius 3 is 2.05 bits per heavy atom. The zero-order chi connectivity index (χ0) is 13.8. The Bertz CT molecular complexity index is 367. The summed E-state index contributed by atoms with van der Waals surface area (Å²) in [6.07, 6.45) is 5.27. The minimum Gasteiger partial charge on any atom is -0.491 e. The van der Waals surface area contributed by atoms with Crippen molar-refractivity contribution in [2.45, 2.75) is 0 Å². The van der Waals surface area contributed by atoms with Crippen LogP contribution in [0.4, 0.5) is 0 Å². The van der Waals surface area contributed by atoms with Crippen LogP contribution in [0, 0.1) is 12.3 Å². The number of benzene rings is 1. The van der Waals surface area contributed by atoms with Gasteiger partial charge in [0.25, 0.3) is 0 Å². The van der Waals surface area contributed by atoms with Gasteiger partial charge in [-0.2, -0.15) is 0 Å². The molecule has 104 valence electrons. The zero-order valence-electron chi connectivity index (χ0n) is 11.3. The quantitative estimate of drug-likeness (QED) is 0.476. The second kappa shape index (κ2) is 10.4. The average molecular weight is 264 g/mol. The van der Waals surface area contributed by atoms with Crippen molar-refractivity contribution < 1.29 is 18.9 Å². The lowest BCUT2D eigenvalue weighted by molar-refractivity contribution is 0.0180. The topological polar surface area (TPSA) is 36.9 Å². The summed E-state index contributed by atoms with van der Waals surface area (Å²) >= 11 is 0. The van der Waals surface area contributed by atoms with Crippen molar-refractivity contribution in [2.75, 3.05) is 46.8 Å². The first kappa shape index (κ1) is 15.5. The molecule has 0 saturated heterocycles. The van der Waals surface area contributed by atoms with E-state index < -0.39 is 0 Å². The lowest BCUT2D eigenvalue weighted by Gasteiger charge is -2.07. The fraction of sp³-hybridized carbons (Fsp3) is 0.467. The molecule has 0 amide bonds. The summed E-state index contributed by atoms with van der Waals surface area (Å²) in [6.45, 7) is 3.37. The van der Waals surface area contributed by atoms with E-state index in [1.165, 1.54) is 0 Å². The summed E-state index contributed by atoms with van der Waals surface area (Å²) in [4.78, 5) is 0. The molecule has 0 radical (unpaired) electrons. The Balaban J connectivity index is 1.97. The highest BCUT2D eigenvalue weighted by Crippen LogP contribution is 2.11. The van der Waals surface area contributed by atoms with Crippen LogP contribution in [0.5, 0.6) is 5.75 Å². The highest BCUT2D eigenvalue weighted by atomic mass is 16.6. The van der Waals surface area contributed by atoms with E-state index >= 15 is 0 Å². The van der Waals surface area contributed by atoms with Crippen molar-refractivity contribution in [2.24, 2.45) is 0 Å². The smallest absolute Gasteiger partial charge is 0.119 e. The molecule has 1 aromatic rings. The van der Waals surface area contributed by atoms with Crippen LogP contribution in [-0.4, -0.2) is 46.8 Å². The maximum Gasteiger partial charge on any atom is 0.119 e. The second-order valence-electron chi connectivity index (χ2n) is 3.73. The average Bonchev–Trinajstić information content (AvgIpc) is 2.46. The molecule has 1 rings (SSSR count). The van der Waals surface area contributed by atoms with Gasteiger partial charge < -0.3 is 18.9 Å². The van der Waals surface area contributed by atoms with Gasteiger partial charge in [0.15, 0.2) is 0 Å². The van der Waals surface area contributed by atoms with Gasteiger partial charge in [-0.1, -0.05) is 5.92 Å². The van der Waals surface area contributed by atoms with E-state index in [0.717, 1.165) is 11.3 Å². The van der Waals surface area contributed by atoms with Crippen molar-refractivity contribution in [3.63, 3.8) is 0 Å². The highest BCUT2D eigenvalue weighted by Gasteiger charge is 1.94. The van der Waals surface area contributed by atoms with E-state index in [1.807, 2.05) is 24.3 Å². The molecule has 0 N–H and O–H groups in total. The summed E-state index contributed by atoms with van der Waals surface area (Å²) in [7, 11) is 1.65. The Morgan fingerprint density at radius 1 is 0.895 bits per heavy atom. The van der Waals surface area contributed by atoms with Gasteiger partial charge in [0.1, 0.15) is 12.4 Å². The first-order valence-electron chi connectivity index (χ1n) is 6.20. The molecule has 0 spiro atoms. The SMILES string of the molecule is C#Cc1ccc(OCCOCCOCCOC)cc1. The van der Waals surface area contributed by atoms with Crippen LogP contribution in [0.3, 0.4) is 0 Å². The molecule has 0 aliphatic heterocycles. The number of hydrogen-bond acceptors (Lipinski definition) is 4. The maximum atomic E-state index is 5.50. The van der Waals surface area contributed by atoms with Crippen molar-refractivity contribution in [1.82, 2.24) is 0 Å². The van der Waals surface area contributed by atoms with E-state index in [-0.39, 0.29) is 0 Å². The Kier molecular flexibility index (Phi) is 8.48. The monoisotopic (exact) mass is 264 g/mol. The van der Waals surface area contributed by atoms with E-state index in [4.69, 9.17) is 25.4 Å². The van der Waals surface area contributed by atoms with Crippen LogP contribution < -0.4 is 4.74 Å². The summed E-state index contributed by atoms with van der Waals surface area (Å²) in [6, 6.07) is 7.39. The lowest BCUT2D eigenvalue weighted by Crippen LogP contribution is -2.12. The van der Waals surface area contributed by atoms with Crippen molar-refractivity contribution in [3.8, 4) is 18.1 Å². The molecule has 0 bridgehead atoms. The predicted molar refractivity (Wildman–Crippen MR) is 73.4 cm³/mol. The Morgan fingerprint density at radius 2 is 1.47 bits per heavy atom. The molecule has 0 aliphatic rings.